The van der Waals surface area contributed by atoms with Crippen molar-refractivity contribution < 1.29 is 19.0 Å². The van der Waals surface area contributed by atoms with Crippen molar-refractivity contribution in [2.45, 2.75) is 39.0 Å². The summed E-state index contributed by atoms with van der Waals surface area (Å²) in [5, 5.41) is 2.90. The molecule has 0 saturated heterocycles. The Morgan fingerprint density at radius 1 is 1.00 bits per heavy atom. The second-order valence-electron chi connectivity index (χ2n) is 5.30. The Balaban J connectivity index is 1.97. The first kappa shape index (κ1) is 19.3. The number of hydrogen-bond acceptors (Lipinski definition) is 4. The highest BCUT2D eigenvalue weighted by molar-refractivity contribution is 5.75. The van der Waals surface area contributed by atoms with Crippen molar-refractivity contribution in [3.63, 3.8) is 0 Å². The molecule has 0 heterocycles. The van der Waals surface area contributed by atoms with E-state index in [0.29, 0.717) is 32.6 Å². The van der Waals surface area contributed by atoms with Gasteiger partial charge in [0.1, 0.15) is 11.5 Å². The molecular formula is C18H29NO4. The van der Waals surface area contributed by atoms with E-state index in [2.05, 4.69) is 12.2 Å². The predicted molar refractivity (Wildman–Crippen MR) is 91.1 cm³/mol. The average molecular weight is 323 g/mol. The third-order valence-electron chi connectivity index (χ3n) is 3.31. The van der Waals surface area contributed by atoms with Gasteiger partial charge in [-0.3, -0.25) is 4.79 Å². The smallest absolute Gasteiger partial charge is 0.220 e. The number of methoxy groups -OCH3 is 1. The second-order valence-corrected chi connectivity index (χ2v) is 5.30. The van der Waals surface area contributed by atoms with Crippen LogP contribution in [0.15, 0.2) is 24.3 Å². The molecule has 130 valence electrons. The van der Waals surface area contributed by atoms with Crippen LogP contribution in [0.2, 0.25) is 0 Å². The minimum atomic E-state index is 0.0666. The minimum absolute atomic E-state index is 0.0666. The van der Waals surface area contributed by atoms with E-state index in [1.165, 1.54) is 0 Å². The van der Waals surface area contributed by atoms with Gasteiger partial charge in [0, 0.05) is 26.2 Å². The molecule has 5 nitrogen and oxygen atoms in total. The van der Waals surface area contributed by atoms with E-state index in [9.17, 15) is 4.79 Å². The zero-order chi connectivity index (χ0) is 16.8. The van der Waals surface area contributed by atoms with Crippen LogP contribution in [0, 0.1) is 0 Å². The van der Waals surface area contributed by atoms with E-state index < -0.39 is 0 Å². The van der Waals surface area contributed by atoms with Gasteiger partial charge in [-0.25, -0.2) is 0 Å². The number of benzene rings is 1. The third kappa shape index (κ3) is 9.79. The van der Waals surface area contributed by atoms with E-state index in [-0.39, 0.29) is 5.91 Å². The quantitative estimate of drug-likeness (QED) is 0.567. The molecule has 1 N–H and O–H groups in total. The molecule has 0 unspecified atom stereocenters. The van der Waals surface area contributed by atoms with Crippen LogP contribution in [0.1, 0.15) is 39.0 Å². The van der Waals surface area contributed by atoms with Crippen molar-refractivity contribution in [2.24, 2.45) is 0 Å². The Labute approximate surface area is 139 Å². The van der Waals surface area contributed by atoms with Gasteiger partial charge in [0.25, 0.3) is 0 Å². The fraction of sp³-hybridized carbons (Fsp3) is 0.611. The summed E-state index contributed by atoms with van der Waals surface area (Å²) in [5.74, 6) is 1.66. The van der Waals surface area contributed by atoms with Crippen LogP contribution in [0.3, 0.4) is 0 Å². The number of unbranched alkanes of at least 4 members (excludes halogenated alkanes) is 1. The molecule has 1 aromatic rings. The van der Waals surface area contributed by atoms with Gasteiger partial charge in [0.05, 0.1) is 13.7 Å². The minimum Gasteiger partial charge on any atom is -0.497 e. The van der Waals surface area contributed by atoms with E-state index in [1.807, 2.05) is 24.3 Å². The lowest BCUT2D eigenvalue weighted by Gasteiger charge is -2.08. The van der Waals surface area contributed by atoms with Gasteiger partial charge < -0.3 is 19.5 Å². The van der Waals surface area contributed by atoms with Gasteiger partial charge in [-0.2, -0.15) is 0 Å². The van der Waals surface area contributed by atoms with Crippen molar-refractivity contribution in [1.29, 1.82) is 0 Å². The number of rotatable bonds is 13. The zero-order valence-electron chi connectivity index (χ0n) is 14.3. The number of carbonyl (C=O) groups is 1. The summed E-state index contributed by atoms with van der Waals surface area (Å²) in [7, 11) is 1.63. The Kier molecular flexibility index (Phi) is 10.7. The molecular weight excluding hydrogens is 294 g/mol. The fourth-order valence-corrected chi connectivity index (χ4v) is 1.93. The highest BCUT2D eigenvalue weighted by Crippen LogP contribution is 2.17. The molecule has 23 heavy (non-hydrogen) atoms. The monoisotopic (exact) mass is 323 g/mol. The molecule has 0 spiro atoms. The maximum Gasteiger partial charge on any atom is 0.220 e. The van der Waals surface area contributed by atoms with Crippen LogP contribution in [0.25, 0.3) is 0 Å². The van der Waals surface area contributed by atoms with Gasteiger partial charge in [0.15, 0.2) is 0 Å². The maximum atomic E-state index is 11.6. The predicted octanol–water partition coefficient (Wildman–Crippen LogP) is 3.18. The van der Waals surface area contributed by atoms with Gasteiger partial charge in [-0.1, -0.05) is 13.3 Å². The fourth-order valence-electron chi connectivity index (χ4n) is 1.93. The van der Waals surface area contributed by atoms with Crippen LogP contribution in [-0.4, -0.2) is 39.4 Å². The Morgan fingerprint density at radius 2 is 1.70 bits per heavy atom. The number of amides is 1. The van der Waals surface area contributed by atoms with E-state index in [0.717, 1.165) is 37.4 Å². The maximum absolute atomic E-state index is 11.6. The average Bonchev–Trinajstić information content (AvgIpc) is 2.58. The molecule has 0 aliphatic heterocycles. The highest BCUT2D eigenvalue weighted by atomic mass is 16.5. The summed E-state index contributed by atoms with van der Waals surface area (Å²) in [6.45, 7) is 4.86. The lowest BCUT2D eigenvalue weighted by Crippen LogP contribution is -2.25. The topological polar surface area (TPSA) is 56.8 Å². The standard InChI is InChI=1S/C18H29NO4/c1-3-4-13-22-14-6-12-19-18(20)7-5-15-23-17-10-8-16(21-2)9-11-17/h8-11H,3-7,12-15H2,1-2H3,(H,19,20). The third-order valence-corrected chi connectivity index (χ3v) is 3.31. The summed E-state index contributed by atoms with van der Waals surface area (Å²) in [6, 6.07) is 7.42. The van der Waals surface area contributed by atoms with Crippen molar-refractivity contribution in [2.75, 3.05) is 33.5 Å². The molecule has 0 bridgehead atoms. The number of carbonyl (C=O) groups excluding carboxylic acids is 1. The summed E-state index contributed by atoms with van der Waals surface area (Å²) < 4.78 is 16.1. The molecule has 1 rings (SSSR count). The van der Waals surface area contributed by atoms with Crippen LogP contribution >= 0.6 is 0 Å². The molecule has 0 atom stereocenters. The first-order valence-electron chi connectivity index (χ1n) is 8.37. The number of nitrogens with one attached hydrogen (secondary N) is 1. The zero-order valence-corrected chi connectivity index (χ0v) is 14.3. The van der Waals surface area contributed by atoms with Crippen LogP contribution in [0.4, 0.5) is 0 Å². The molecule has 0 fully saturated rings. The molecule has 0 radical (unpaired) electrons. The second kappa shape index (κ2) is 12.8. The van der Waals surface area contributed by atoms with E-state index in [4.69, 9.17) is 14.2 Å². The SMILES string of the molecule is CCCCOCCCNC(=O)CCCOc1ccc(OC)cc1. The van der Waals surface area contributed by atoms with Crippen LogP contribution < -0.4 is 14.8 Å². The summed E-state index contributed by atoms with van der Waals surface area (Å²) >= 11 is 0. The van der Waals surface area contributed by atoms with Gasteiger partial charge >= 0.3 is 0 Å². The van der Waals surface area contributed by atoms with Crippen molar-refractivity contribution in [3.8, 4) is 11.5 Å². The van der Waals surface area contributed by atoms with Gasteiger partial charge in [0.2, 0.25) is 5.91 Å². The Hall–Kier alpha value is -1.75. The Morgan fingerprint density at radius 3 is 2.39 bits per heavy atom. The van der Waals surface area contributed by atoms with Gasteiger partial charge in [-0.05, 0) is 43.5 Å². The molecule has 1 amide bonds. The normalized spacial score (nSPS) is 10.3. The molecule has 5 heteroatoms. The molecule has 0 saturated carbocycles. The molecule has 0 aromatic heterocycles. The number of hydrogen-bond donors (Lipinski definition) is 1. The van der Waals surface area contributed by atoms with Crippen molar-refractivity contribution in [3.05, 3.63) is 24.3 Å². The lowest BCUT2D eigenvalue weighted by atomic mass is 10.3. The lowest BCUT2D eigenvalue weighted by molar-refractivity contribution is -0.121. The van der Waals surface area contributed by atoms with Gasteiger partial charge in [-0.15, -0.1) is 0 Å². The first-order valence-corrected chi connectivity index (χ1v) is 8.37. The number of ether oxygens (including phenoxy) is 3. The highest BCUT2D eigenvalue weighted by Gasteiger charge is 2.01. The van der Waals surface area contributed by atoms with Crippen molar-refractivity contribution >= 4 is 5.91 Å². The Bertz CT molecular complexity index is 420. The van der Waals surface area contributed by atoms with E-state index >= 15 is 0 Å². The summed E-state index contributed by atoms with van der Waals surface area (Å²) in [5.41, 5.74) is 0. The molecule has 0 aliphatic carbocycles. The van der Waals surface area contributed by atoms with E-state index in [1.54, 1.807) is 7.11 Å². The van der Waals surface area contributed by atoms with Crippen molar-refractivity contribution in [1.82, 2.24) is 5.32 Å². The molecule has 1 aromatic carbocycles. The first-order chi connectivity index (χ1) is 11.3. The van der Waals surface area contributed by atoms with Crippen LogP contribution in [-0.2, 0) is 9.53 Å². The largest absolute Gasteiger partial charge is 0.497 e. The summed E-state index contributed by atoms with van der Waals surface area (Å²) in [6.07, 6.45) is 4.28. The molecule has 0 aliphatic rings. The summed E-state index contributed by atoms with van der Waals surface area (Å²) in [4.78, 5) is 11.6. The van der Waals surface area contributed by atoms with Crippen LogP contribution in [0.5, 0.6) is 11.5 Å².